The topological polar surface area (TPSA) is 41.5 Å². The third-order valence-corrected chi connectivity index (χ3v) is 4.41. The lowest BCUT2D eigenvalue weighted by Crippen LogP contribution is -2.52. The highest BCUT2D eigenvalue weighted by molar-refractivity contribution is 5.35. The van der Waals surface area contributed by atoms with Crippen LogP contribution in [0.2, 0.25) is 0 Å². The van der Waals surface area contributed by atoms with Crippen LogP contribution in [0.1, 0.15) is 23.1 Å². The van der Waals surface area contributed by atoms with E-state index in [0.29, 0.717) is 13.2 Å². The van der Waals surface area contributed by atoms with Crippen molar-refractivity contribution in [2.75, 3.05) is 32.9 Å². The fourth-order valence-electron chi connectivity index (χ4n) is 3.01. The Morgan fingerprint density at radius 1 is 1.21 bits per heavy atom. The van der Waals surface area contributed by atoms with Crippen molar-refractivity contribution in [2.24, 2.45) is 5.41 Å². The van der Waals surface area contributed by atoms with Gasteiger partial charge in [0, 0.05) is 6.54 Å². The van der Waals surface area contributed by atoms with Crippen LogP contribution in [0.3, 0.4) is 0 Å². The van der Waals surface area contributed by atoms with Crippen LogP contribution in [0.15, 0.2) is 18.2 Å². The van der Waals surface area contributed by atoms with Gasteiger partial charge in [0.1, 0.15) is 0 Å². The molecule has 0 atom stereocenters. The predicted molar refractivity (Wildman–Crippen MR) is 75.4 cm³/mol. The van der Waals surface area contributed by atoms with E-state index in [9.17, 15) is 5.11 Å². The number of aryl methyl sites for hydroxylation is 2. The standard InChI is InChI=1S/C16H23NO2/c18-10-16(11-19-12-16)9-17-7-6-13-4-5-14-2-1-3-15(14)8-13/h4-5,8,17-18H,1-3,6-7,9-12H2. The first-order valence-corrected chi connectivity index (χ1v) is 7.31. The minimum Gasteiger partial charge on any atom is -0.396 e. The SMILES string of the molecule is OCC1(CNCCc2ccc3c(c2)CCC3)COC1. The van der Waals surface area contributed by atoms with E-state index >= 15 is 0 Å². The number of nitrogens with one attached hydrogen (secondary N) is 1. The predicted octanol–water partition coefficient (Wildman–Crippen LogP) is 1.32. The second-order valence-electron chi connectivity index (χ2n) is 6.03. The minimum absolute atomic E-state index is 0.0159. The lowest BCUT2D eigenvalue weighted by molar-refractivity contribution is -0.134. The van der Waals surface area contributed by atoms with Crippen LogP contribution in [0.4, 0.5) is 0 Å². The highest BCUT2D eigenvalue weighted by atomic mass is 16.5. The fraction of sp³-hybridized carbons (Fsp3) is 0.625. The summed E-state index contributed by atoms with van der Waals surface area (Å²) in [5.74, 6) is 0. The molecule has 0 saturated carbocycles. The summed E-state index contributed by atoms with van der Waals surface area (Å²) in [6.07, 6.45) is 4.89. The first kappa shape index (κ1) is 13.1. The molecule has 1 aliphatic heterocycles. The molecule has 0 amide bonds. The maximum absolute atomic E-state index is 9.34. The van der Waals surface area contributed by atoms with Gasteiger partial charge >= 0.3 is 0 Å². The van der Waals surface area contributed by atoms with E-state index in [0.717, 1.165) is 19.5 Å². The number of fused-ring (bicyclic) bond motifs is 1. The van der Waals surface area contributed by atoms with Gasteiger partial charge in [0.2, 0.25) is 0 Å². The number of ether oxygens (including phenoxy) is 1. The van der Waals surface area contributed by atoms with E-state index in [2.05, 4.69) is 23.5 Å². The number of hydrogen-bond donors (Lipinski definition) is 2. The second-order valence-corrected chi connectivity index (χ2v) is 6.03. The van der Waals surface area contributed by atoms with Gasteiger partial charge in [-0.25, -0.2) is 0 Å². The van der Waals surface area contributed by atoms with Crippen molar-refractivity contribution in [3.05, 3.63) is 34.9 Å². The molecule has 3 heteroatoms. The van der Waals surface area contributed by atoms with E-state index in [4.69, 9.17) is 4.74 Å². The van der Waals surface area contributed by atoms with Gasteiger partial charge in [-0.1, -0.05) is 18.2 Å². The summed E-state index contributed by atoms with van der Waals surface area (Å²) in [4.78, 5) is 0. The molecule has 104 valence electrons. The van der Waals surface area contributed by atoms with Crippen molar-refractivity contribution in [2.45, 2.75) is 25.7 Å². The van der Waals surface area contributed by atoms with Gasteiger partial charge in [0.05, 0.1) is 25.2 Å². The van der Waals surface area contributed by atoms with E-state index in [-0.39, 0.29) is 12.0 Å². The summed E-state index contributed by atoms with van der Waals surface area (Å²) < 4.78 is 5.19. The van der Waals surface area contributed by atoms with Crippen LogP contribution in [0.5, 0.6) is 0 Å². The molecule has 1 aromatic carbocycles. The molecule has 1 heterocycles. The zero-order valence-corrected chi connectivity index (χ0v) is 11.5. The van der Waals surface area contributed by atoms with Gasteiger partial charge in [-0.2, -0.15) is 0 Å². The molecule has 1 fully saturated rings. The molecule has 0 radical (unpaired) electrons. The van der Waals surface area contributed by atoms with Crippen molar-refractivity contribution >= 4 is 0 Å². The Bertz CT molecular complexity index is 435. The Labute approximate surface area is 115 Å². The molecule has 0 unspecified atom stereocenters. The highest BCUT2D eigenvalue weighted by Crippen LogP contribution is 2.25. The second kappa shape index (κ2) is 5.61. The molecule has 1 aliphatic carbocycles. The number of aliphatic hydroxyl groups is 1. The molecule has 2 N–H and O–H groups in total. The van der Waals surface area contributed by atoms with Crippen molar-refractivity contribution in [1.29, 1.82) is 0 Å². The Hall–Kier alpha value is -0.900. The summed E-state index contributed by atoms with van der Waals surface area (Å²) in [7, 11) is 0. The average molecular weight is 261 g/mol. The fourth-order valence-corrected chi connectivity index (χ4v) is 3.01. The highest BCUT2D eigenvalue weighted by Gasteiger charge is 2.37. The summed E-state index contributed by atoms with van der Waals surface area (Å²) in [5.41, 5.74) is 4.51. The van der Waals surface area contributed by atoms with Gasteiger partial charge in [0.15, 0.2) is 0 Å². The molecule has 19 heavy (non-hydrogen) atoms. The zero-order valence-electron chi connectivity index (χ0n) is 11.5. The molecule has 3 rings (SSSR count). The van der Waals surface area contributed by atoms with Crippen molar-refractivity contribution in [1.82, 2.24) is 5.32 Å². The van der Waals surface area contributed by atoms with E-state index in [1.165, 1.54) is 24.8 Å². The number of aliphatic hydroxyl groups excluding tert-OH is 1. The smallest absolute Gasteiger partial charge is 0.0579 e. The van der Waals surface area contributed by atoms with Gasteiger partial charge in [0.25, 0.3) is 0 Å². The van der Waals surface area contributed by atoms with Gasteiger partial charge in [-0.05, 0) is 48.9 Å². The molecular weight excluding hydrogens is 238 g/mol. The molecule has 1 aromatic rings. The van der Waals surface area contributed by atoms with Crippen molar-refractivity contribution in [3.8, 4) is 0 Å². The van der Waals surface area contributed by atoms with Crippen molar-refractivity contribution < 1.29 is 9.84 Å². The Kier molecular flexibility index (Phi) is 3.87. The normalized spacial score (nSPS) is 20.1. The van der Waals surface area contributed by atoms with Gasteiger partial charge in [-0.15, -0.1) is 0 Å². The molecule has 1 saturated heterocycles. The van der Waals surface area contributed by atoms with Crippen molar-refractivity contribution in [3.63, 3.8) is 0 Å². The average Bonchev–Trinajstić information content (AvgIpc) is 2.84. The van der Waals surface area contributed by atoms with E-state index in [1.807, 2.05) is 0 Å². The van der Waals surface area contributed by atoms with Gasteiger partial charge < -0.3 is 15.2 Å². The number of rotatable bonds is 6. The Balaban J connectivity index is 1.45. The van der Waals surface area contributed by atoms with Crippen LogP contribution in [-0.2, 0) is 24.0 Å². The van der Waals surface area contributed by atoms with Crippen LogP contribution < -0.4 is 5.32 Å². The quantitative estimate of drug-likeness (QED) is 0.759. The lowest BCUT2D eigenvalue weighted by Gasteiger charge is -2.40. The third kappa shape index (κ3) is 2.83. The molecule has 3 nitrogen and oxygen atoms in total. The Morgan fingerprint density at radius 3 is 2.79 bits per heavy atom. The summed E-state index contributed by atoms with van der Waals surface area (Å²) in [6.45, 7) is 3.43. The first-order valence-electron chi connectivity index (χ1n) is 7.31. The van der Waals surface area contributed by atoms with Gasteiger partial charge in [-0.3, -0.25) is 0 Å². The summed E-state index contributed by atoms with van der Waals surface area (Å²) in [6, 6.07) is 6.94. The molecular formula is C16H23NO2. The largest absolute Gasteiger partial charge is 0.396 e. The maximum atomic E-state index is 9.34. The minimum atomic E-state index is -0.0159. The summed E-state index contributed by atoms with van der Waals surface area (Å²) >= 11 is 0. The summed E-state index contributed by atoms with van der Waals surface area (Å²) in [5, 5.41) is 12.8. The van der Waals surface area contributed by atoms with E-state index in [1.54, 1.807) is 11.1 Å². The van der Waals surface area contributed by atoms with Crippen LogP contribution >= 0.6 is 0 Å². The Morgan fingerprint density at radius 2 is 2.05 bits per heavy atom. The monoisotopic (exact) mass is 261 g/mol. The van der Waals surface area contributed by atoms with E-state index < -0.39 is 0 Å². The van der Waals surface area contributed by atoms with Crippen LogP contribution in [-0.4, -0.2) is 38.0 Å². The molecule has 2 aliphatic rings. The maximum Gasteiger partial charge on any atom is 0.0579 e. The molecule has 0 spiro atoms. The molecule has 0 aromatic heterocycles. The lowest BCUT2D eigenvalue weighted by atomic mass is 9.87. The first-order chi connectivity index (χ1) is 9.31. The zero-order chi connectivity index (χ0) is 13.1. The molecule has 0 bridgehead atoms. The third-order valence-electron chi connectivity index (χ3n) is 4.41. The van der Waals surface area contributed by atoms with Crippen LogP contribution in [0, 0.1) is 5.41 Å². The number of benzene rings is 1. The van der Waals surface area contributed by atoms with Crippen LogP contribution in [0.25, 0.3) is 0 Å². The number of hydrogen-bond acceptors (Lipinski definition) is 3.